The number of ether oxygens (including phenoxy) is 1. The number of halogens is 1. The monoisotopic (exact) mass is 431 g/mol. The summed E-state index contributed by atoms with van der Waals surface area (Å²) < 4.78 is 7.69. The molecule has 0 aliphatic heterocycles. The Hall–Kier alpha value is -3.96. The lowest BCUT2D eigenvalue weighted by atomic mass is 10.1. The van der Waals surface area contributed by atoms with Crippen LogP contribution in [0.2, 0.25) is 5.02 Å². The number of benzene rings is 2. The van der Waals surface area contributed by atoms with Gasteiger partial charge in [0.2, 0.25) is 5.95 Å². The number of aromatic nitrogens is 5. The standard InChI is InChI=1S/C22H18ClN7O/c1-15(12-30-14-25-13-28-30)31-21-7-16(5-6-17(21)9-24)18-10-26-22(27-11-18)29-20-4-2-3-19(23)8-20/h2-8,10-11,13-15H,12H2,1H3,(H,26,27,29)/t15-/m0/s1. The van der Waals surface area contributed by atoms with Crippen molar-refractivity contribution < 1.29 is 4.74 Å². The molecule has 0 aliphatic carbocycles. The molecule has 0 saturated carbocycles. The van der Waals surface area contributed by atoms with Gasteiger partial charge in [-0.2, -0.15) is 10.4 Å². The topological polar surface area (TPSA) is 102 Å². The van der Waals surface area contributed by atoms with Crippen molar-refractivity contribution in [1.29, 1.82) is 5.26 Å². The van der Waals surface area contributed by atoms with E-state index in [4.69, 9.17) is 16.3 Å². The lowest BCUT2D eigenvalue weighted by Gasteiger charge is -2.16. The lowest BCUT2D eigenvalue weighted by Crippen LogP contribution is -2.20. The first-order chi connectivity index (χ1) is 15.1. The summed E-state index contributed by atoms with van der Waals surface area (Å²) in [7, 11) is 0. The Bertz CT molecular complexity index is 1200. The van der Waals surface area contributed by atoms with Gasteiger partial charge in [-0.05, 0) is 42.8 Å². The molecule has 0 unspecified atom stereocenters. The molecule has 0 amide bonds. The van der Waals surface area contributed by atoms with Gasteiger partial charge in [0.25, 0.3) is 0 Å². The normalized spacial score (nSPS) is 11.5. The average molecular weight is 432 g/mol. The van der Waals surface area contributed by atoms with E-state index in [9.17, 15) is 5.26 Å². The van der Waals surface area contributed by atoms with Crippen LogP contribution in [0.25, 0.3) is 11.1 Å². The highest BCUT2D eigenvalue weighted by atomic mass is 35.5. The average Bonchev–Trinajstić information content (AvgIpc) is 3.27. The lowest BCUT2D eigenvalue weighted by molar-refractivity contribution is 0.193. The predicted molar refractivity (Wildman–Crippen MR) is 117 cm³/mol. The molecular weight excluding hydrogens is 414 g/mol. The summed E-state index contributed by atoms with van der Waals surface area (Å²) in [6.07, 6.45) is 6.31. The van der Waals surface area contributed by atoms with E-state index >= 15 is 0 Å². The smallest absolute Gasteiger partial charge is 0.227 e. The molecule has 2 aromatic carbocycles. The zero-order valence-corrected chi connectivity index (χ0v) is 17.4. The Balaban J connectivity index is 1.51. The maximum absolute atomic E-state index is 9.45. The van der Waals surface area contributed by atoms with Gasteiger partial charge in [0, 0.05) is 28.7 Å². The van der Waals surface area contributed by atoms with E-state index in [1.165, 1.54) is 6.33 Å². The van der Waals surface area contributed by atoms with E-state index in [1.807, 2.05) is 31.2 Å². The molecule has 31 heavy (non-hydrogen) atoms. The number of hydrogen-bond donors (Lipinski definition) is 1. The molecule has 8 nitrogen and oxygen atoms in total. The molecule has 0 aliphatic rings. The van der Waals surface area contributed by atoms with Crippen LogP contribution in [0.3, 0.4) is 0 Å². The maximum Gasteiger partial charge on any atom is 0.227 e. The van der Waals surface area contributed by atoms with E-state index in [1.54, 1.807) is 41.6 Å². The number of nitrogens with zero attached hydrogens (tertiary/aromatic N) is 6. The second-order valence-corrected chi connectivity index (χ2v) is 7.24. The molecule has 0 saturated heterocycles. The maximum atomic E-state index is 9.45. The molecule has 1 atom stereocenters. The van der Waals surface area contributed by atoms with Crippen molar-refractivity contribution in [3.05, 3.63) is 78.1 Å². The Morgan fingerprint density at radius 1 is 1.16 bits per heavy atom. The molecule has 154 valence electrons. The van der Waals surface area contributed by atoms with Gasteiger partial charge < -0.3 is 10.1 Å². The summed E-state index contributed by atoms with van der Waals surface area (Å²) in [6, 6.07) is 14.9. The molecule has 1 N–H and O–H groups in total. The summed E-state index contributed by atoms with van der Waals surface area (Å²) in [5.74, 6) is 0.950. The van der Waals surface area contributed by atoms with E-state index in [-0.39, 0.29) is 6.10 Å². The molecule has 2 aromatic heterocycles. The van der Waals surface area contributed by atoms with Gasteiger partial charge in [-0.1, -0.05) is 23.7 Å². The van der Waals surface area contributed by atoms with Crippen molar-refractivity contribution in [3.8, 4) is 22.9 Å². The minimum absolute atomic E-state index is 0.204. The summed E-state index contributed by atoms with van der Waals surface area (Å²) >= 11 is 6.01. The van der Waals surface area contributed by atoms with Crippen molar-refractivity contribution in [2.75, 3.05) is 5.32 Å². The molecule has 0 spiro atoms. The highest BCUT2D eigenvalue weighted by Gasteiger charge is 2.12. The fourth-order valence-corrected chi connectivity index (χ4v) is 3.16. The van der Waals surface area contributed by atoms with Crippen LogP contribution in [0, 0.1) is 11.3 Å². The van der Waals surface area contributed by atoms with Crippen molar-refractivity contribution in [3.63, 3.8) is 0 Å². The first-order valence-corrected chi connectivity index (χ1v) is 9.87. The van der Waals surface area contributed by atoms with Crippen LogP contribution in [0.15, 0.2) is 67.5 Å². The third-order valence-corrected chi connectivity index (χ3v) is 4.64. The van der Waals surface area contributed by atoms with Crippen LogP contribution in [-0.2, 0) is 6.54 Å². The van der Waals surface area contributed by atoms with Crippen LogP contribution in [-0.4, -0.2) is 30.8 Å². The molecule has 0 fully saturated rings. The summed E-state index contributed by atoms with van der Waals surface area (Å²) in [5.41, 5.74) is 2.90. The summed E-state index contributed by atoms with van der Waals surface area (Å²) in [5, 5.41) is 17.3. The Kier molecular flexibility index (Phi) is 6.05. The first-order valence-electron chi connectivity index (χ1n) is 9.49. The number of nitriles is 1. The minimum atomic E-state index is -0.204. The quantitative estimate of drug-likeness (QED) is 0.460. The predicted octanol–water partition coefficient (Wildman–Crippen LogP) is 4.47. The first kappa shape index (κ1) is 20.3. The molecule has 2 heterocycles. The largest absolute Gasteiger partial charge is 0.487 e. The molecule has 9 heteroatoms. The molecule has 0 bridgehead atoms. The highest BCUT2D eigenvalue weighted by molar-refractivity contribution is 6.30. The summed E-state index contributed by atoms with van der Waals surface area (Å²) in [4.78, 5) is 12.7. The highest BCUT2D eigenvalue weighted by Crippen LogP contribution is 2.28. The number of rotatable bonds is 7. The number of nitrogens with one attached hydrogen (secondary N) is 1. The van der Waals surface area contributed by atoms with Crippen molar-refractivity contribution in [2.45, 2.75) is 19.6 Å². The third kappa shape index (κ3) is 5.15. The van der Waals surface area contributed by atoms with Gasteiger partial charge in [0.1, 0.15) is 30.6 Å². The van der Waals surface area contributed by atoms with Gasteiger partial charge in [-0.3, -0.25) is 0 Å². The van der Waals surface area contributed by atoms with Crippen molar-refractivity contribution in [1.82, 2.24) is 24.7 Å². The second kappa shape index (κ2) is 9.24. The van der Waals surface area contributed by atoms with Crippen LogP contribution in [0.4, 0.5) is 11.6 Å². The molecular formula is C22H18ClN7O. The number of anilines is 2. The van der Waals surface area contributed by atoms with Crippen molar-refractivity contribution >= 4 is 23.2 Å². The van der Waals surface area contributed by atoms with E-state index < -0.39 is 0 Å². The van der Waals surface area contributed by atoms with Gasteiger partial charge in [0.05, 0.1) is 12.1 Å². The van der Waals surface area contributed by atoms with E-state index in [0.29, 0.717) is 28.8 Å². The number of hydrogen-bond acceptors (Lipinski definition) is 7. The Morgan fingerprint density at radius 3 is 2.71 bits per heavy atom. The summed E-state index contributed by atoms with van der Waals surface area (Å²) in [6.45, 7) is 2.43. The zero-order chi connectivity index (χ0) is 21.6. The molecule has 0 radical (unpaired) electrons. The molecule has 4 rings (SSSR count). The van der Waals surface area contributed by atoms with Crippen LogP contribution in [0.1, 0.15) is 12.5 Å². The van der Waals surface area contributed by atoms with Gasteiger partial charge >= 0.3 is 0 Å². The zero-order valence-electron chi connectivity index (χ0n) is 16.6. The van der Waals surface area contributed by atoms with Crippen molar-refractivity contribution in [2.24, 2.45) is 0 Å². The van der Waals surface area contributed by atoms with Gasteiger partial charge in [-0.15, -0.1) is 0 Å². The van der Waals surface area contributed by atoms with Gasteiger partial charge in [0.15, 0.2) is 0 Å². The third-order valence-electron chi connectivity index (χ3n) is 4.41. The fraction of sp³-hybridized carbons (Fsp3) is 0.136. The fourth-order valence-electron chi connectivity index (χ4n) is 2.97. The van der Waals surface area contributed by atoms with Gasteiger partial charge in [-0.25, -0.2) is 19.6 Å². The van der Waals surface area contributed by atoms with E-state index in [0.717, 1.165) is 16.8 Å². The Labute approximate surface area is 184 Å². The van der Waals surface area contributed by atoms with Crippen LogP contribution in [0.5, 0.6) is 5.75 Å². The SMILES string of the molecule is C[C@@H](Cn1cncn1)Oc1cc(-c2cnc(Nc3cccc(Cl)c3)nc2)ccc1C#N. The Morgan fingerprint density at radius 2 is 2.00 bits per heavy atom. The molecule has 4 aromatic rings. The van der Waals surface area contributed by atoms with Crippen LogP contribution >= 0.6 is 11.6 Å². The second-order valence-electron chi connectivity index (χ2n) is 6.80. The minimum Gasteiger partial charge on any atom is -0.487 e. The van der Waals surface area contributed by atoms with E-state index in [2.05, 4.69) is 31.4 Å². The van der Waals surface area contributed by atoms with Crippen LogP contribution < -0.4 is 10.1 Å².